The highest BCUT2D eigenvalue weighted by atomic mass is 19.4. The molecule has 0 aromatic rings. The fraction of sp³-hybridized carbons (Fsp3) is 0.800. The van der Waals surface area contributed by atoms with Gasteiger partial charge in [0.2, 0.25) is 11.8 Å². The number of carbonyl (C=O) groups excluding carboxylic acids is 3. The van der Waals surface area contributed by atoms with Crippen molar-refractivity contribution in [2.24, 2.45) is 0 Å². The molecule has 2 rings (SSSR count). The summed E-state index contributed by atoms with van der Waals surface area (Å²) < 4.78 is 37.8. The minimum atomic E-state index is -5.00. The molecule has 2 atom stereocenters. The zero-order valence-electron chi connectivity index (χ0n) is 13.6. The van der Waals surface area contributed by atoms with Crippen LogP contribution < -0.4 is 5.32 Å². The molecule has 6 nitrogen and oxygen atoms in total. The Labute approximate surface area is 138 Å². The van der Waals surface area contributed by atoms with E-state index in [1.165, 1.54) is 6.92 Å². The molecule has 2 saturated heterocycles. The number of nitrogens with one attached hydrogen (secondary N) is 1. The van der Waals surface area contributed by atoms with E-state index in [-0.39, 0.29) is 18.9 Å². The lowest BCUT2D eigenvalue weighted by molar-refractivity contribution is -0.186. The van der Waals surface area contributed by atoms with Crippen LogP contribution in [0, 0.1) is 0 Å². The van der Waals surface area contributed by atoms with E-state index in [1.807, 2.05) is 0 Å². The van der Waals surface area contributed by atoms with Crippen LogP contribution in [-0.4, -0.2) is 65.4 Å². The predicted octanol–water partition coefficient (Wildman–Crippen LogP) is 1.06. The second-order valence-corrected chi connectivity index (χ2v) is 6.27. The molecule has 0 aliphatic carbocycles. The molecular weight excluding hydrogens is 327 g/mol. The standard InChI is InChI=1S/C15H22F3N3O3/c1-10(13(23)20-7-3-2-4-8-20)19-12(22)11-6-5-9-21(11)14(24)15(16,17)18/h10-11H,2-9H2,1H3,(H,19,22)/t10-,11?/m1/s1. The first-order valence-corrected chi connectivity index (χ1v) is 8.19. The Bertz CT molecular complexity index is 504. The molecule has 1 N–H and O–H groups in total. The number of amides is 3. The van der Waals surface area contributed by atoms with Crippen molar-refractivity contribution in [2.75, 3.05) is 19.6 Å². The molecule has 1 unspecified atom stereocenters. The molecule has 2 heterocycles. The largest absolute Gasteiger partial charge is 0.471 e. The molecular formula is C15H22F3N3O3. The number of piperidine rings is 1. The summed E-state index contributed by atoms with van der Waals surface area (Å²) in [6, 6.07) is -1.99. The van der Waals surface area contributed by atoms with E-state index in [2.05, 4.69) is 5.32 Å². The number of hydrogen-bond donors (Lipinski definition) is 1. The first-order valence-electron chi connectivity index (χ1n) is 8.19. The van der Waals surface area contributed by atoms with Crippen molar-refractivity contribution in [3.8, 4) is 0 Å². The van der Waals surface area contributed by atoms with Crippen molar-refractivity contribution in [3.05, 3.63) is 0 Å². The van der Waals surface area contributed by atoms with Crippen molar-refractivity contribution in [1.82, 2.24) is 15.1 Å². The van der Waals surface area contributed by atoms with Crippen LogP contribution in [0.4, 0.5) is 13.2 Å². The van der Waals surface area contributed by atoms with E-state index in [0.29, 0.717) is 24.4 Å². The van der Waals surface area contributed by atoms with E-state index >= 15 is 0 Å². The molecule has 0 aromatic carbocycles. The first-order chi connectivity index (χ1) is 11.2. The molecule has 2 aliphatic heterocycles. The monoisotopic (exact) mass is 349 g/mol. The number of halogens is 3. The van der Waals surface area contributed by atoms with E-state index < -0.39 is 30.1 Å². The number of alkyl halides is 3. The molecule has 3 amide bonds. The van der Waals surface area contributed by atoms with Gasteiger partial charge in [-0.1, -0.05) is 0 Å². The molecule has 0 spiro atoms. The SMILES string of the molecule is C[C@@H](NC(=O)C1CCCN1C(=O)C(F)(F)F)C(=O)N1CCCCC1. The lowest BCUT2D eigenvalue weighted by Gasteiger charge is -2.30. The number of nitrogens with zero attached hydrogens (tertiary/aromatic N) is 2. The smallest absolute Gasteiger partial charge is 0.343 e. The maximum Gasteiger partial charge on any atom is 0.471 e. The number of likely N-dealkylation sites (tertiary alicyclic amines) is 2. The first kappa shape index (κ1) is 18.5. The van der Waals surface area contributed by atoms with Crippen LogP contribution in [0.2, 0.25) is 0 Å². The maximum absolute atomic E-state index is 12.6. The Morgan fingerprint density at radius 3 is 2.25 bits per heavy atom. The minimum absolute atomic E-state index is 0.106. The van der Waals surface area contributed by atoms with Gasteiger partial charge in [-0.15, -0.1) is 0 Å². The van der Waals surface area contributed by atoms with Gasteiger partial charge in [0.15, 0.2) is 0 Å². The van der Waals surface area contributed by atoms with Gasteiger partial charge in [0.25, 0.3) is 0 Å². The number of carbonyl (C=O) groups is 3. The summed E-state index contributed by atoms with van der Waals surface area (Å²) in [7, 11) is 0. The van der Waals surface area contributed by atoms with E-state index in [4.69, 9.17) is 0 Å². The third kappa shape index (κ3) is 4.18. The highest BCUT2D eigenvalue weighted by Crippen LogP contribution is 2.25. The van der Waals surface area contributed by atoms with Gasteiger partial charge in [-0.25, -0.2) is 0 Å². The van der Waals surface area contributed by atoms with Crippen LogP contribution in [0.15, 0.2) is 0 Å². The van der Waals surface area contributed by atoms with Gasteiger partial charge in [-0.05, 0) is 39.0 Å². The zero-order valence-corrected chi connectivity index (χ0v) is 13.6. The summed E-state index contributed by atoms with van der Waals surface area (Å²) in [6.45, 7) is 2.66. The second kappa shape index (κ2) is 7.40. The number of hydrogen-bond acceptors (Lipinski definition) is 3. The molecule has 2 fully saturated rings. The van der Waals surface area contributed by atoms with Gasteiger partial charge in [-0.3, -0.25) is 14.4 Å². The van der Waals surface area contributed by atoms with Crippen LogP contribution in [0.1, 0.15) is 39.0 Å². The van der Waals surface area contributed by atoms with Gasteiger partial charge in [0.05, 0.1) is 0 Å². The average molecular weight is 349 g/mol. The summed E-state index contributed by atoms with van der Waals surface area (Å²) in [6.07, 6.45) is -1.64. The fourth-order valence-corrected chi connectivity index (χ4v) is 3.20. The van der Waals surface area contributed by atoms with Gasteiger partial charge in [0, 0.05) is 19.6 Å². The van der Waals surface area contributed by atoms with Gasteiger partial charge in [0.1, 0.15) is 12.1 Å². The molecule has 0 bridgehead atoms. The Kier molecular flexibility index (Phi) is 5.71. The lowest BCUT2D eigenvalue weighted by Crippen LogP contribution is -2.54. The van der Waals surface area contributed by atoms with E-state index in [1.54, 1.807) is 4.90 Å². The number of rotatable bonds is 3. The van der Waals surface area contributed by atoms with Crippen molar-refractivity contribution < 1.29 is 27.6 Å². The lowest BCUT2D eigenvalue weighted by atomic mass is 10.1. The van der Waals surface area contributed by atoms with Crippen LogP contribution in [-0.2, 0) is 14.4 Å². The summed E-state index contributed by atoms with van der Waals surface area (Å²) in [4.78, 5) is 38.1. The fourth-order valence-electron chi connectivity index (χ4n) is 3.20. The Balaban J connectivity index is 1.95. The van der Waals surface area contributed by atoms with Crippen molar-refractivity contribution in [2.45, 2.75) is 57.3 Å². The molecule has 0 radical (unpaired) electrons. The quantitative estimate of drug-likeness (QED) is 0.828. The van der Waals surface area contributed by atoms with Crippen molar-refractivity contribution >= 4 is 17.7 Å². The third-order valence-electron chi connectivity index (χ3n) is 4.46. The van der Waals surface area contributed by atoms with E-state index in [0.717, 1.165) is 19.3 Å². The molecule has 24 heavy (non-hydrogen) atoms. The normalized spacial score (nSPS) is 23.1. The highest BCUT2D eigenvalue weighted by molar-refractivity contribution is 5.93. The van der Waals surface area contributed by atoms with Gasteiger partial charge in [-0.2, -0.15) is 13.2 Å². The molecule has 136 valence electrons. The minimum Gasteiger partial charge on any atom is -0.343 e. The molecule has 2 aliphatic rings. The third-order valence-corrected chi connectivity index (χ3v) is 4.46. The maximum atomic E-state index is 12.6. The van der Waals surface area contributed by atoms with Crippen molar-refractivity contribution in [3.63, 3.8) is 0 Å². The average Bonchev–Trinajstić information content (AvgIpc) is 3.02. The summed E-state index contributed by atoms with van der Waals surface area (Å²) in [5.74, 6) is -2.95. The Morgan fingerprint density at radius 2 is 1.67 bits per heavy atom. The van der Waals surface area contributed by atoms with Crippen LogP contribution in [0.25, 0.3) is 0 Å². The van der Waals surface area contributed by atoms with Crippen LogP contribution in [0.3, 0.4) is 0 Å². The van der Waals surface area contributed by atoms with Crippen LogP contribution in [0.5, 0.6) is 0 Å². The predicted molar refractivity (Wildman–Crippen MR) is 78.8 cm³/mol. The molecule has 0 saturated carbocycles. The summed E-state index contributed by atoms with van der Waals surface area (Å²) in [5, 5.41) is 2.46. The van der Waals surface area contributed by atoms with E-state index in [9.17, 15) is 27.6 Å². The second-order valence-electron chi connectivity index (χ2n) is 6.27. The van der Waals surface area contributed by atoms with Gasteiger partial charge >= 0.3 is 12.1 Å². The Hall–Kier alpha value is -1.80. The molecule has 0 aromatic heterocycles. The molecule has 9 heteroatoms. The Morgan fingerprint density at radius 1 is 1.04 bits per heavy atom. The highest BCUT2D eigenvalue weighted by Gasteiger charge is 2.47. The van der Waals surface area contributed by atoms with Crippen LogP contribution >= 0.6 is 0 Å². The summed E-state index contributed by atoms with van der Waals surface area (Å²) >= 11 is 0. The zero-order chi connectivity index (χ0) is 17.9. The summed E-state index contributed by atoms with van der Waals surface area (Å²) in [5.41, 5.74) is 0. The van der Waals surface area contributed by atoms with Gasteiger partial charge < -0.3 is 15.1 Å². The topological polar surface area (TPSA) is 69.7 Å². The van der Waals surface area contributed by atoms with Crippen molar-refractivity contribution in [1.29, 1.82) is 0 Å².